The summed E-state index contributed by atoms with van der Waals surface area (Å²) in [6, 6.07) is 0.898. The number of aromatic nitrogens is 5. The summed E-state index contributed by atoms with van der Waals surface area (Å²) >= 11 is 5.79. The highest BCUT2D eigenvalue weighted by Gasteiger charge is 2.17. The molecule has 0 aliphatic heterocycles. The van der Waals surface area contributed by atoms with E-state index in [4.69, 9.17) is 11.6 Å². The first-order valence-corrected chi connectivity index (χ1v) is 8.41. The van der Waals surface area contributed by atoms with Crippen molar-refractivity contribution in [3.8, 4) is 0 Å². The maximum absolute atomic E-state index is 12.4. The lowest BCUT2D eigenvalue weighted by Gasteiger charge is -2.12. The second kappa shape index (κ2) is 7.54. The van der Waals surface area contributed by atoms with Crippen LogP contribution in [0.5, 0.6) is 0 Å². The van der Waals surface area contributed by atoms with Crippen LogP contribution in [-0.2, 0) is 7.05 Å². The van der Waals surface area contributed by atoms with Crippen LogP contribution in [0.3, 0.4) is 0 Å². The molecule has 3 aromatic rings. The van der Waals surface area contributed by atoms with Crippen molar-refractivity contribution in [2.45, 2.75) is 19.9 Å². The van der Waals surface area contributed by atoms with E-state index in [1.165, 1.54) is 29.3 Å². The molecule has 27 heavy (non-hydrogen) atoms. The number of carbonyl (C=O) groups excluding carboxylic acids is 2. The van der Waals surface area contributed by atoms with Gasteiger partial charge in [0.15, 0.2) is 11.5 Å². The summed E-state index contributed by atoms with van der Waals surface area (Å²) in [5.74, 6) is -0.0484. The molecule has 0 saturated heterocycles. The summed E-state index contributed by atoms with van der Waals surface area (Å²) in [7, 11) is 1.67. The Hall–Kier alpha value is -3.27. The van der Waals surface area contributed by atoms with E-state index >= 15 is 0 Å². The van der Waals surface area contributed by atoms with Crippen LogP contribution in [0.15, 0.2) is 24.7 Å². The van der Waals surface area contributed by atoms with Gasteiger partial charge in [0.2, 0.25) is 5.28 Å². The number of halogens is 1. The standard InChI is InChI=1S/C16H17ClN8O2/c1-8(2)20-14(26)9-4-5-18-7-11(9)21-16(27)22-12-10-6-19-15(17)23-13(10)25(3)24-12/h4-8H,1-3H3,(H,20,26)(H2,21,22,24,27). The summed E-state index contributed by atoms with van der Waals surface area (Å²) in [5.41, 5.74) is 1.05. The van der Waals surface area contributed by atoms with Crippen molar-refractivity contribution in [2.24, 2.45) is 7.05 Å². The van der Waals surface area contributed by atoms with E-state index in [1.54, 1.807) is 7.05 Å². The van der Waals surface area contributed by atoms with Gasteiger partial charge in [0, 0.05) is 25.5 Å². The second-order valence-corrected chi connectivity index (χ2v) is 6.32. The number of nitrogens with zero attached hydrogens (tertiary/aromatic N) is 5. The zero-order valence-corrected chi connectivity index (χ0v) is 15.6. The number of aryl methyl sites for hydroxylation is 1. The quantitative estimate of drug-likeness (QED) is 0.588. The molecule has 140 valence electrons. The van der Waals surface area contributed by atoms with Crippen molar-refractivity contribution in [1.82, 2.24) is 30.0 Å². The highest BCUT2D eigenvalue weighted by molar-refractivity contribution is 6.28. The summed E-state index contributed by atoms with van der Waals surface area (Å²) in [6.07, 6.45) is 4.35. The first-order valence-electron chi connectivity index (χ1n) is 8.03. The Kier molecular flexibility index (Phi) is 5.17. The van der Waals surface area contributed by atoms with Crippen molar-refractivity contribution in [3.63, 3.8) is 0 Å². The van der Waals surface area contributed by atoms with Gasteiger partial charge in [-0.05, 0) is 31.5 Å². The number of pyridine rings is 1. The van der Waals surface area contributed by atoms with Gasteiger partial charge < -0.3 is 10.6 Å². The minimum Gasteiger partial charge on any atom is -0.350 e. The first kappa shape index (κ1) is 18.5. The number of fused-ring (bicyclic) bond motifs is 1. The van der Waals surface area contributed by atoms with Crippen molar-refractivity contribution in [3.05, 3.63) is 35.5 Å². The molecular formula is C16H17ClN8O2. The van der Waals surface area contributed by atoms with Gasteiger partial charge in [-0.1, -0.05) is 0 Å². The minimum absolute atomic E-state index is 0.0425. The predicted molar refractivity (Wildman–Crippen MR) is 101 cm³/mol. The molecule has 0 unspecified atom stereocenters. The van der Waals surface area contributed by atoms with Gasteiger partial charge in [0.05, 0.1) is 22.8 Å². The largest absolute Gasteiger partial charge is 0.350 e. The van der Waals surface area contributed by atoms with Crippen LogP contribution in [0.4, 0.5) is 16.3 Å². The van der Waals surface area contributed by atoms with Crippen molar-refractivity contribution in [2.75, 3.05) is 10.6 Å². The molecule has 3 heterocycles. The van der Waals surface area contributed by atoms with Crippen molar-refractivity contribution < 1.29 is 9.59 Å². The number of urea groups is 1. The molecule has 0 aliphatic carbocycles. The van der Waals surface area contributed by atoms with Crippen molar-refractivity contribution in [1.29, 1.82) is 0 Å². The summed E-state index contributed by atoms with van der Waals surface area (Å²) in [5, 5.41) is 12.8. The molecule has 0 radical (unpaired) electrons. The molecule has 11 heteroatoms. The van der Waals surface area contributed by atoms with Crippen LogP contribution in [0.25, 0.3) is 11.0 Å². The number of nitrogens with one attached hydrogen (secondary N) is 3. The number of hydrogen-bond donors (Lipinski definition) is 3. The van der Waals surface area contributed by atoms with E-state index in [9.17, 15) is 9.59 Å². The van der Waals surface area contributed by atoms with Gasteiger partial charge in [-0.25, -0.2) is 14.5 Å². The zero-order valence-electron chi connectivity index (χ0n) is 14.8. The van der Waals surface area contributed by atoms with E-state index < -0.39 is 6.03 Å². The molecule has 3 rings (SSSR count). The van der Waals surface area contributed by atoms with Crippen molar-refractivity contribution >= 4 is 46.1 Å². The highest BCUT2D eigenvalue weighted by Crippen LogP contribution is 2.21. The van der Waals surface area contributed by atoms with E-state index in [2.05, 4.69) is 36.0 Å². The lowest BCUT2D eigenvalue weighted by molar-refractivity contribution is 0.0944. The van der Waals surface area contributed by atoms with E-state index in [-0.39, 0.29) is 28.7 Å². The number of amides is 3. The van der Waals surface area contributed by atoms with E-state index in [1.807, 2.05) is 13.8 Å². The Balaban J connectivity index is 1.80. The van der Waals surface area contributed by atoms with Gasteiger partial charge in [-0.2, -0.15) is 10.1 Å². The van der Waals surface area contributed by atoms with E-state index in [0.717, 1.165) is 0 Å². The first-order chi connectivity index (χ1) is 12.8. The Morgan fingerprint density at radius 3 is 2.74 bits per heavy atom. The van der Waals surface area contributed by atoms with Crippen LogP contribution < -0.4 is 16.0 Å². The molecule has 3 N–H and O–H groups in total. The Morgan fingerprint density at radius 2 is 2.00 bits per heavy atom. The third-order valence-corrected chi connectivity index (χ3v) is 3.70. The van der Waals surface area contributed by atoms with Crippen LogP contribution in [0, 0.1) is 0 Å². The van der Waals surface area contributed by atoms with Crippen LogP contribution in [-0.4, -0.2) is 42.7 Å². The van der Waals surface area contributed by atoms with Gasteiger partial charge in [0.1, 0.15) is 0 Å². The average molecular weight is 389 g/mol. The Bertz CT molecular complexity index is 1020. The lowest BCUT2D eigenvalue weighted by Crippen LogP contribution is -2.31. The molecule has 0 fully saturated rings. The third-order valence-electron chi connectivity index (χ3n) is 3.52. The summed E-state index contributed by atoms with van der Waals surface area (Å²) in [4.78, 5) is 36.6. The Labute approximate surface area is 159 Å². The van der Waals surface area contributed by atoms with Gasteiger partial charge in [-0.3, -0.25) is 15.1 Å². The zero-order chi connectivity index (χ0) is 19.6. The van der Waals surface area contributed by atoms with Gasteiger partial charge >= 0.3 is 6.03 Å². The number of carbonyl (C=O) groups is 2. The summed E-state index contributed by atoms with van der Waals surface area (Å²) < 4.78 is 1.48. The smallest absolute Gasteiger partial charge is 0.324 e. The normalized spacial score (nSPS) is 10.9. The monoisotopic (exact) mass is 388 g/mol. The highest BCUT2D eigenvalue weighted by atomic mass is 35.5. The Morgan fingerprint density at radius 1 is 1.22 bits per heavy atom. The average Bonchev–Trinajstić information content (AvgIpc) is 2.89. The molecule has 0 saturated carbocycles. The third kappa shape index (κ3) is 4.11. The van der Waals surface area contributed by atoms with Crippen LogP contribution in [0.1, 0.15) is 24.2 Å². The molecule has 0 aliphatic rings. The maximum Gasteiger partial charge on any atom is 0.324 e. The molecular weight excluding hydrogens is 372 g/mol. The molecule has 0 bridgehead atoms. The minimum atomic E-state index is -0.587. The second-order valence-electron chi connectivity index (χ2n) is 5.98. The van der Waals surface area contributed by atoms with Crippen LogP contribution in [0.2, 0.25) is 5.28 Å². The molecule has 3 aromatic heterocycles. The molecule has 0 spiro atoms. The fourth-order valence-electron chi connectivity index (χ4n) is 2.40. The lowest BCUT2D eigenvalue weighted by atomic mass is 10.2. The van der Waals surface area contributed by atoms with Gasteiger partial charge in [-0.15, -0.1) is 0 Å². The number of rotatable bonds is 4. The van der Waals surface area contributed by atoms with E-state index in [0.29, 0.717) is 16.6 Å². The van der Waals surface area contributed by atoms with Crippen LogP contribution >= 0.6 is 11.6 Å². The molecule has 0 aromatic carbocycles. The topological polar surface area (TPSA) is 127 Å². The number of anilines is 2. The predicted octanol–water partition coefficient (Wildman–Crippen LogP) is 2.19. The van der Waals surface area contributed by atoms with Gasteiger partial charge in [0.25, 0.3) is 5.91 Å². The maximum atomic E-state index is 12.4. The number of hydrogen-bond acceptors (Lipinski definition) is 6. The molecule has 3 amide bonds. The molecule has 10 nitrogen and oxygen atoms in total. The fraction of sp³-hybridized carbons (Fsp3) is 0.250. The fourth-order valence-corrected chi connectivity index (χ4v) is 2.53. The molecule has 0 atom stereocenters. The summed E-state index contributed by atoms with van der Waals surface area (Å²) in [6.45, 7) is 3.69. The SMILES string of the molecule is CC(C)NC(=O)c1ccncc1NC(=O)Nc1nn(C)c2nc(Cl)ncc12.